The molecular formula is C13H20N2S. The average molecular weight is 236 g/mol. The highest BCUT2D eigenvalue weighted by atomic mass is 32.2. The predicted octanol–water partition coefficient (Wildman–Crippen LogP) is 2.77. The number of thioether (sulfide) groups is 1. The fourth-order valence-electron chi connectivity index (χ4n) is 2.06. The van der Waals surface area contributed by atoms with Gasteiger partial charge in [-0.3, -0.25) is 4.98 Å². The second-order valence-corrected chi connectivity index (χ2v) is 5.93. The molecule has 3 heteroatoms. The first-order chi connectivity index (χ1) is 7.74. The monoisotopic (exact) mass is 236 g/mol. The summed E-state index contributed by atoms with van der Waals surface area (Å²) in [6, 6.07) is 4.23. The third kappa shape index (κ3) is 2.77. The van der Waals surface area contributed by atoms with Crippen molar-refractivity contribution in [3.63, 3.8) is 0 Å². The van der Waals surface area contributed by atoms with Crippen molar-refractivity contribution in [2.45, 2.75) is 37.5 Å². The number of rotatable bonds is 5. The zero-order valence-electron chi connectivity index (χ0n) is 10.1. The summed E-state index contributed by atoms with van der Waals surface area (Å²) in [4.78, 5) is 4.30. The SMILES string of the molecule is CSC1(CNCc2ccc(C)nc2)CCC1. The maximum absolute atomic E-state index is 4.30. The topological polar surface area (TPSA) is 24.9 Å². The van der Waals surface area contributed by atoms with Gasteiger partial charge in [-0.25, -0.2) is 0 Å². The van der Waals surface area contributed by atoms with Gasteiger partial charge in [-0.1, -0.05) is 12.5 Å². The zero-order chi connectivity index (χ0) is 11.4. The lowest BCUT2D eigenvalue weighted by molar-refractivity contribution is 0.345. The van der Waals surface area contributed by atoms with Gasteiger partial charge in [0.2, 0.25) is 0 Å². The first-order valence-corrected chi connectivity index (χ1v) is 7.14. The Morgan fingerprint density at radius 3 is 2.75 bits per heavy atom. The van der Waals surface area contributed by atoms with E-state index in [1.54, 1.807) is 0 Å². The number of pyridine rings is 1. The van der Waals surface area contributed by atoms with Crippen LogP contribution in [0.5, 0.6) is 0 Å². The van der Waals surface area contributed by atoms with Gasteiger partial charge < -0.3 is 5.32 Å². The van der Waals surface area contributed by atoms with Gasteiger partial charge in [0.25, 0.3) is 0 Å². The van der Waals surface area contributed by atoms with Gasteiger partial charge >= 0.3 is 0 Å². The van der Waals surface area contributed by atoms with Gasteiger partial charge in [0.05, 0.1) is 0 Å². The Hall–Kier alpha value is -0.540. The number of aromatic nitrogens is 1. The molecule has 1 aromatic rings. The predicted molar refractivity (Wildman–Crippen MR) is 70.8 cm³/mol. The Balaban J connectivity index is 1.77. The molecule has 1 heterocycles. The molecule has 0 aliphatic heterocycles. The summed E-state index contributed by atoms with van der Waals surface area (Å²) in [5.74, 6) is 0. The Morgan fingerprint density at radius 2 is 2.25 bits per heavy atom. The van der Waals surface area contributed by atoms with E-state index in [-0.39, 0.29) is 0 Å². The standard InChI is InChI=1S/C13H20N2S/c1-11-4-5-12(9-15-11)8-14-10-13(16-2)6-3-7-13/h4-5,9,14H,3,6-8,10H2,1-2H3. The summed E-state index contributed by atoms with van der Waals surface area (Å²) in [7, 11) is 0. The normalized spacial score (nSPS) is 18.1. The van der Waals surface area contributed by atoms with Crippen LogP contribution in [0, 0.1) is 6.92 Å². The summed E-state index contributed by atoms with van der Waals surface area (Å²) in [6.45, 7) is 4.09. The molecule has 0 bridgehead atoms. The van der Waals surface area contributed by atoms with Crippen molar-refractivity contribution >= 4 is 11.8 Å². The quantitative estimate of drug-likeness (QED) is 0.851. The summed E-state index contributed by atoms with van der Waals surface area (Å²) in [5, 5.41) is 3.55. The molecule has 1 aliphatic rings. The lowest BCUT2D eigenvalue weighted by Gasteiger charge is -2.40. The Labute approximate surface area is 102 Å². The number of hydrogen-bond donors (Lipinski definition) is 1. The van der Waals surface area contributed by atoms with Crippen LogP contribution in [0.15, 0.2) is 18.3 Å². The van der Waals surface area contributed by atoms with E-state index < -0.39 is 0 Å². The van der Waals surface area contributed by atoms with Crippen molar-refractivity contribution in [1.82, 2.24) is 10.3 Å². The van der Waals surface area contributed by atoms with Gasteiger partial charge in [0.15, 0.2) is 0 Å². The molecular weight excluding hydrogens is 216 g/mol. The van der Waals surface area contributed by atoms with Crippen molar-refractivity contribution in [3.05, 3.63) is 29.6 Å². The minimum absolute atomic E-state index is 0.526. The Morgan fingerprint density at radius 1 is 1.44 bits per heavy atom. The molecule has 1 aromatic heterocycles. The highest BCUT2D eigenvalue weighted by molar-refractivity contribution is 8.00. The minimum Gasteiger partial charge on any atom is -0.311 e. The van der Waals surface area contributed by atoms with Crippen molar-refractivity contribution in [3.8, 4) is 0 Å². The molecule has 0 unspecified atom stereocenters. The van der Waals surface area contributed by atoms with E-state index in [2.05, 4.69) is 28.7 Å². The van der Waals surface area contributed by atoms with Crippen LogP contribution in [0.2, 0.25) is 0 Å². The molecule has 2 rings (SSSR count). The van der Waals surface area contributed by atoms with Gasteiger partial charge in [-0.2, -0.15) is 11.8 Å². The van der Waals surface area contributed by atoms with E-state index in [0.717, 1.165) is 18.8 Å². The van der Waals surface area contributed by atoms with E-state index in [9.17, 15) is 0 Å². The average Bonchev–Trinajstić information content (AvgIpc) is 2.25. The Bertz CT molecular complexity index is 325. The van der Waals surface area contributed by atoms with Crippen LogP contribution < -0.4 is 5.32 Å². The molecule has 88 valence electrons. The van der Waals surface area contributed by atoms with Crippen LogP contribution in [-0.4, -0.2) is 22.5 Å². The van der Waals surface area contributed by atoms with Crippen LogP contribution in [0.25, 0.3) is 0 Å². The van der Waals surface area contributed by atoms with Crippen molar-refractivity contribution in [2.24, 2.45) is 0 Å². The van der Waals surface area contributed by atoms with Crippen molar-refractivity contribution < 1.29 is 0 Å². The molecule has 1 N–H and O–H groups in total. The zero-order valence-corrected chi connectivity index (χ0v) is 10.9. The third-order valence-electron chi connectivity index (χ3n) is 3.45. The van der Waals surface area contributed by atoms with Gasteiger partial charge in [0, 0.05) is 29.7 Å². The maximum atomic E-state index is 4.30. The van der Waals surface area contributed by atoms with Gasteiger partial charge in [-0.05, 0) is 37.7 Å². The molecule has 1 aliphatic carbocycles. The fraction of sp³-hybridized carbons (Fsp3) is 0.615. The second-order valence-electron chi connectivity index (χ2n) is 4.65. The van der Waals surface area contributed by atoms with Crippen molar-refractivity contribution in [2.75, 3.05) is 12.8 Å². The molecule has 0 spiro atoms. The lowest BCUT2D eigenvalue weighted by Crippen LogP contribution is -2.43. The summed E-state index contributed by atoms with van der Waals surface area (Å²) < 4.78 is 0.526. The van der Waals surface area contributed by atoms with E-state index in [1.807, 2.05) is 24.9 Å². The smallest absolute Gasteiger partial charge is 0.0372 e. The maximum Gasteiger partial charge on any atom is 0.0372 e. The minimum atomic E-state index is 0.526. The summed E-state index contributed by atoms with van der Waals surface area (Å²) in [6.07, 6.45) is 8.33. The second kappa shape index (κ2) is 5.19. The summed E-state index contributed by atoms with van der Waals surface area (Å²) in [5.41, 5.74) is 2.37. The number of nitrogens with one attached hydrogen (secondary N) is 1. The molecule has 0 atom stereocenters. The third-order valence-corrected chi connectivity index (χ3v) is 4.87. The molecule has 1 fully saturated rings. The molecule has 0 saturated heterocycles. The first-order valence-electron chi connectivity index (χ1n) is 5.91. The van der Waals surface area contributed by atoms with Crippen LogP contribution in [0.1, 0.15) is 30.5 Å². The van der Waals surface area contributed by atoms with E-state index in [0.29, 0.717) is 4.75 Å². The largest absolute Gasteiger partial charge is 0.311 e. The molecule has 16 heavy (non-hydrogen) atoms. The number of nitrogens with zero attached hydrogens (tertiary/aromatic N) is 1. The van der Waals surface area contributed by atoms with E-state index in [4.69, 9.17) is 0 Å². The Kier molecular flexibility index (Phi) is 3.87. The lowest BCUT2D eigenvalue weighted by atomic mass is 9.84. The summed E-state index contributed by atoms with van der Waals surface area (Å²) >= 11 is 2.02. The van der Waals surface area contributed by atoms with Gasteiger partial charge in [0.1, 0.15) is 0 Å². The van der Waals surface area contributed by atoms with Crippen LogP contribution in [0.4, 0.5) is 0 Å². The molecule has 0 aromatic carbocycles. The highest BCUT2D eigenvalue weighted by Gasteiger charge is 2.35. The fourth-order valence-corrected chi connectivity index (χ4v) is 3.01. The van der Waals surface area contributed by atoms with Crippen LogP contribution in [-0.2, 0) is 6.54 Å². The van der Waals surface area contributed by atoms with E-state index >= 15 is 0 Å². The van der Waals surface area contributed by atoms with Gasteiger partial charge in [-0.15, -0.1) is 0 Å². The van der Waals surface area contributed by atoms with Crippen LogP contribution >= 0.6 is 11.8 Å². The number of hydrogen-bond acceptors (Lipinski definition) is 3. The molecule has 1 saturated carbocycles. The molecule has 0 amide bonds. The molecule has 2 nitrogen and oxygen atoms in total. The molecule has 0 radical (unpaired) electrons. The highest BCUT2D eigenvalue weighted by Crippen LogP contribution is 2.42. The number of aryl methyl sites for hydroxylation is 1. The van der Waals surface area contributed by atoms with Crippen molar-refractivity contribution in [1.29, 1.82) is 0 Å². The van der Waals surface area contributed by atoms with Crippen LogP contribution in [0.3, 0.4) is 0 Å². The first kappa shape index (κ1) is 11.9. The van der Waals surface area contributed by atoms with E-state index in [1.165, 1.54) is 24.8 Å².